The minimum Gasteiger partial charge on any atom is -1.00 e. The molecule has 0 aromatic heterocycles. The minimum atomic E-state index is 0. The summed E-state index contributed by atoms with van der Waals surface area (Å²) in [6, 6.07) is 0. The second-order valence-corrected chi connectivity index (χ2v) is 2.78. The van der Waals surface area contributed by atoms with Crippen LogP contribution in [-0.4, -0.2) is 35.1 Å². The van der Waals surface area contributed by atoms with Gasteiger partial charge in [0.15, 0.2) is 0 Å². The molecule has 0 aromatic carbocycles. The van der Waals surface area contributed by atoms with Gasteiger partial charge in [0.1, 0.15) is 0 Å². The first-order chi connectivity index (χ1) is 3.06. The van der Waals surface area contributed by atoms with Gasteiger partial charge in [-0.25, -0.2) is 0 Å². The third kappa shape index (κ3) is 22.8. The Bertz CT molecular complexity index is 54.2. The van der Waals surface area contributed by atoms with Gasteiger partial charge in [-0.15, -0.1) is 0 Å². The molecule has 0 aliphatic heterocycles. The molecule has 0 atom stereocenters. The number of halogens is 2. The van der Waals surface area contributed by atoms with Gasteiger partial charge in [0.2, 0.25) is 0 Å². The van der Waals surface area contributed by atoms with Crippen LogP contribution in [0.4, 0.5) is 0 Å². The number of hydrogen-bond acceptors (Lipinski definition) is 1. The van der Waals surface area contributed by atoms with Crippen LogP contribution in [0.15, 0.2) is 0 Å². The van der Waals surface area contributed by atoms with Crippen molar-refractivity contribution in [2.45, 2.75) is 33.2 Å². The van der Waals surface area contributed by atoms with E-state index in [1.807, 2.05) is 0 Å². The number of rotatable bonds is 1. The largest absolute Gasteiger partial charge is 2.00 e. The summed E-state index contributed by atoms with van der Waals surface area (Å²) in [5, 5.41) is 3.28. The van der Waals surface area contributed by atoms with Gasteiger partial charge in [-0.3, -0.25) is 0 Å². The van der Waals surface area contributed by atoms with E-state index in [-0.39, 0.29) is 47.9 Å². The zero-order chi connectivity index (χ0) is 5.91. The molecule has 0 saturated carbocycles. The Kier molecular flexibility index (Phi) is 23.2. The third-order valence-corrected chi connectivity index (χ3v) is 0.707. The predicted molar refractivity (Wildman–Crippen MR) is 39.2 cm³/mol. The monoisotopic (exact) mass is 195 g/mol. The Morgan fingerprint density at radius 1 is 1.10 bits per heavy atom. The van der Waals surface area contributed by atoms with Crippen molar-refractivity contribution in [2.75, 3.05) is 6.54 Å². The van der Waals surface area contributed by atoms with E-state index in [4.69, 9.17) is 0 Å². The van der Waals surface area contributed by atoms with Gasteiger partial charge in [0.25, 0.3) is 0 Å². The van der Waals surface area contributed by atoms with Crippen LogP contribution < -0.4 is 30.1 Å². The first kappa shape index (κ1) is 22.5. The fraction of sp³-hybridized carbons (Fsp3) is 1.00. The molecule has 1 nitrogen and oxygen atoms in total. The second-order valence-electron chi connectivity index (χ2n) is 2.78. The summed E-state index contributed by atoms with van der Waals surface area (Å²) in [7, 11) is 0. The maximum Gasteiger partial charge on any atom is 2.00 e. The molecule has 0 heterocycles. The van der Waals surface area contributed by atoms with Gasteiger partial charge in [-0.05, 0) is 27.3 Å². The van der Waals surface area contributed by atoms with E-state index in [2.05, 4.69) is 33.0 Å². The smallest absolute Gasteiger partial charge is 1.00 e. The van der Waals surface area contributed by atoms with Gasteiger partial charge in [0.05, 0.1) is 0 Å². The maximum absolute atomic E-state index is 3.28. The van der Waals surface area contributed by atoms with Crippen LogP contribution in [0.5, 0.6) is 0 Å². The summed E-state index contributed by atoms with van der Waals surface area (Å²) in [6.45, 7) is 9.66. The molecule has 0 amide bonds. The van der Waals surface area contributed by atoms with Crippen molar-refractivity contribution in [3.8, 4) is 0 Å². The van der Waals surface area contributed by atoms with Gasteiger partial charge in [-0.1, -0.05) is 6.92 Å². The van der Waals surface area contributed by atoms with Gasteiger partial charge >= 0.3 is 23.1 Å². The molecule has 0 aliphatic carbocycles. The van der Waals surface area contributed by atoms with E-state index in [1.54, 1.807) is 0 Å². The molecule has 0 aromatic rings. The molecule has 4 heteroatoms. The molecule has 0 fully saturated rings. The molecule has 0 unspecified atom stereocenters. The van der Waals surface area contributed by atoms with E-state index in [1.165, 1.54) is 0 Å². The molecule has 0 spiro atoms. The fourth-order valence-corrected chi connectivity index (χ4v) is 0.530. The van der Waals surface area contributed by atoms with Crippen molar-refractivity contribution in [1.82, 2.24) is 5.32 Å². The summed E-state index contributed by atoms with van der Waals surface area (Å²) in [5.74, 6) is 0. The summed E-state index contributed by atoms with van der Waals surface area (Å²) < 4.78 is 0. The average Bonchev–Trinajstić information content (AvgIpc) is 1.30. The van der Waals surface area contributed by atoms with Crippen molar-refractivity contribution in [3.63, 3.8) is 0 Å². The molecule has 0 aliphatic rings. The molecule has 0 bridgehead atoms. The number of nitrogens with one attached hydrogen (secondary N) is 1. The topological polar surface area (TPSA) is 12.0 Å². The molecule has 60 valence electrons. The molecule has 1 N–H and O–H groups in total. The van der Waals surface area contributed by atoms with Crippen LogP contribution in [0.25, 0.3) is 0 Å². The molecular weight excluding hydrogens is 181 g/mol. The van der Waals surface area contributed by atoms with Gasteiger partial charge in [0, 0.05) is 5.54 Å². The van der Waals surface area contributed by atoms with Crippen LogP contribution in [0.1, 0.15) is 27.7 Å². The van der Waals surface area contributed by atoms with Crippen LogP contribution in [-0.2, 0) is 0 Å². The van der Waals surface area contributed by atoms with Crippen LogP contribution in [0, 0.1) is 0 Å². The molecule has 10 heavy (non-hydrogen) atoms. The summed E-state index contributed by atoms with van der Waals surface area (Å²) in [6.07, 6.45) is 0. The van der Waals surface area contributed by atoms with Crippen LogP contribution in [0.2, 0.25) is 0 Å². The molecule has 0 rings (SSSR count). The standard InChI is InChI=1S/C6H15N.2ClH.Mg/c1-5-7-6(2,3)4;;;/h7H,5H2,1-4H3;2*1H;/q;;;+2/p-2. The van der Waals surface area contributed by atoms with E-state index >= 15 is 0 Å². The Labute approximate surface area is 92.7 Å². The fourth-order valence-electron chi connectivity index (χ4n) is 0.530. The minimum absolute atomic E-state index is 0. The van der Waals surface area contributed by atoms with Gasteiger partial charge < -0.3 is 30.1 Å². The summed E-state index contributed by atoms with van der Waals surface area (Å²) in [4.78, 5) is 0. The van der Waals surface area contributed by atoms with E-state index < -0.39 is 0 Å². The normalized spacial score (nSPS) is 8.40. The molecular formula is C6H15Cl2MgN. The van der Waals surface area contributed by atoms with Crippen LogP contribution >= 0.6 is 0 Å². The van der Waals surface area contributed by atoms with Crippen molar-refractivity contribution in [2.24, 2.45) is 0 Å². The van der Waals surface area contributed by atoms with Crippen molar-refractivity contribution >= 4 is 23.1 Å². The zero-order valence-corrected chi connectivity index (χ0v) is 10.1. The Hall–Kier alpha value is 1.31. The predicted octanol–water partition coefficient (Wildman–Crippen LogP) is -4.98. The van der Waals surface area contributed by atoms with Crippen molar-refractivity contribution in [3.05, 3.63) is 0 Å². The van der Waals surface area contributed by atoms with Gasteiger partial charge in [-0.2, -0.15) is 0 Å². The Morgan fingerprint density at radius 2 is 1.40 bits per heavy atom. The Balaban J connectivity index is -0.0000000600. The average molecular weight is 196 g/mol. The van der Waals surface area contributed by atoms with E-state index in [9.17, 15) is 0 Å². The maximum atomic E-state index is 3.28. The van der Waals surface area contributed by atoms with Crippen molar-refractivity contribution < 1.29 is 24.8 Å². The first-order valence-corrected chi connectivity index (χ1v) is 2.81. The SMILES string of the molecule is CCNC(C)(C)C.[Cl-].[Cl-].[Mg+2]. The first-order valence-electron chi connectivity index (χ1n) is 2.81. The number of hydrogen-bond donors (Lipinski definition) is 1. The summed E-state index contributed by atoms with van der Waals surface area (Å²) >= 11 is 0. The Morgan fingerprint density at radius 3 is 1.40 bits per heavy atom. The molecule has 0 radical (unpaired) electrons. The van der Waals surface area contributed by atoms with Crippen molar-refractivity contribution in [1.29, 1.82) is 0 Å². The van der Waals surface area contributed by atoms with E-state index in [0.29, 0.717) is 5.54 Å². The molecule has 0 saturated heterocycles. The zero-order valence-electron chi connectivity index (χ0n) is 7.17. The summed E-state index contributed by atoms with van der Waals surface area (Å²) in [5.41, 5.74) is 0.300. The second kappa shape index (κ2) is 10.3. The quantitative estimate of drug-likeness (QED) is 0.414. The van der Waals surface area contributed by atoms with Crippen LogP contribution in [0.3, 0.4) is 0 Å². The van der Waals surface area contributed by atoms with E-state index in [0.717, 1.165) is 6.54 Å². The third-order valence-electron chi connectivity index (χ3n) is 0.707.